The number of rotatable bonds is 7. The number of benzene rings is 1. The van der Waals surface area contributed by atoms with Crippen LogP contribution < -0.4 is 0 Å². The van der Waals surface area contributed by atoms with Crippen LogP contribution in [0.3, 0.4) is 0 Å². The summed E-state index contributed by atoms with van der Waals surface area (Å²) >= 11 is 6.09. The topological polar surface area (TPSA) is 36.0 Å². The second-order valence-electron chi connectivity index (χ2n) is 8.87. The summed E-state index contributed by atoms with van der Waals surface area (Å²) in [6.07, 6.45) is 3.27. The number of halogens is 1. The molecule has 158 valence electrons. The molecule has 28 heavy (non-hydrogen) atoms. The van der Waals surface area contributed by atoms with E-state index in [1.54, 1.807) is 0 Å². The van der Waals surface area contributed by atoms with Gasteiger partial charge in [-0.2, -0.15) is 0 Å². The van der Waals surface area contributed by atoms with Gasteiger partial charge in [0.2, 0.25) is 0 Å². The molecular weight excluding hydrogens is 374 g/mol. The van der Waals surface area contributed by atoms with Gasteiger partial charge in [-0.25, -0.2) is 4.79 Å². The Morgan fingerprint density at radius 2 is 1.71 bits per heavy atom. The molecule has 0 spiro atoms. The first-order valence-corrected chi connectivity index (χ1v) is 10.7. The number of amides is 1. The highest BCUT2D eigenvalue weighted by Crippen LogP contribution is 2.29. The maximum Gasteiger partial charge on any atom is 0.410 e. The van der Waals surface area contributed by atoms with Crippen molar-refractivity contribution in [2.24, 2.45) is 0 Å². The van der Waals surface area contributed by atoms with Crippen LogP contribution in [0.4, 0.5) is 4.79 Å². The van der Waals surface area contributed by atoms with Crippen LogP contribution in [-0.2, 0) is 4.74 Å². The minimum atomic E-state index is -0.452. The molecule has 1 atom stereocenters. The molecule has 0 aliphatic carbocycles. The fourth-order valence-electron chi connectivity index (χ4n) is 3.55. The highest BCUT2D eigenvalue weighted by atomic mass is 35.5. The number of carbonyl (C=O) groups is 1. The molecule has 1 fully saturated rings. The molecule has 1 aliphatic rings. The lowest BCUT2D eigenvalue weighted by atomic mass is 9.98. The third-order valence-electron chi connectivity index (χ3n) is 4.99. The summed E-state index contributed by atoms with van der Waals surface area (Å²) < 4.78 is 5.52. The van der Waals surface area contributed by atoms with Crippen molar-refractivity contribution in [1.29, 1.82) is 0 Å². The fourth-order valence-corrected chi connectivity index (χ4v) is 3.68. The molecule has 0 N–H and O–H groups in total. The molecule has 1 unspecified atom stereocenters. The van der Waals surface area contributed by atoms with E-state index in [2.05, 4.69) is 36.0 Å². The van der Waals surface area contributed by atoms with E-state index < -0.39 is 5.60 Å². The van der Waals surface area contributed by atoms with Crippen LogP contribution in [0.15, 0.2) is 24.3 Å². The van der Waals surface area contributed by atoms with Gasteiger partial charge in [0.15, 0.2) is 0 Å². The number of hydrogen-bond acceptors (Lipinski definition) is 4. The van der Waals surface area contributed by atoms with E-state index in [-0.39, 0.29) is 6.09 Å². The summed E-state index contributed by atoms with van der Waals surface area (Å²) in [7, 11) is 4.24. The van der Waals surface area contributed by atoms with Crippen LogP contribution in [-0.4, -0.2) is 73.2 Å². The third kappa shape index (κ3) is 7.61. The van der Waals surface area contributed by atoms with Crippen LogP contribution >= 0.6 is 11.6 Å². The van der Waals surface area contributed by atoms with E-state index in [0.29, 0.717) is 19.1 Å². The summed E-state index contributed by atoms with van der Waals surface area (Å²) in [5, 5.41) is 0.768. The van der Waals surface area contributed by atoms with Gasteiger partial charge in [0.25, 0.3) is 0 Å². The van der Waals surface area contributed by atoms with Crippen molar-refractivity contribution in [3.63, 3.8) is 0 Å². The van der Waals surface area contributed by atoms with E-state index >= 15 is 0 Å². The second-order valence-corrected chi connectivity index (χ2v) is 9.31. The van der Waals surface area contributed by atoms with Crippen LogP contribution in [0.2, 0.25) is 5.02 Å². The number of nitrogens with zero attached hydrogens (tertiary/aromatic N) is 3. The quantitative estimate of drug-likeness (QED) is 0.613. The van der Waals surface area contributed by atoms with E-state index in [1.807, 2.05) is 37.8 Å². The van der Waals surface area contributed by atoms with Crippen LogP contribution in [0, 0.1) is 0 Å². The Morgan fingerprint density at radius 3 is 2.25 bits per heavy atom. The van der Waals surface area contributed by atoms with E-state index in [1.165, 1.54) is 18.4 Å². The van der Waals surface area contributed by atoms with Gasteiger partial charge in [-0.3, -0.25) is 4.90 Å². The van der Waals surface area contributed by atoms with Gasteiger partial charge in [0.05, 0.1) is 0 Å². The molecule has 0 aromatic heterocycles. The zero-order valence-corrected chi connectivity index (χ0v) is 18.8. The standard InChI is InChI=1S/C22H36ClN3O2/c1-22(2,3)28-21(27)26-16-14-25(15-17-26)20(8-6-7-13-24(4)5)18-9-11-19(23)12-10-18/h9-12,20H,6-8,13-17H2,1-5H3. The van der Waals surface area contributed by atoms with Gasteiger partial charge < -0.3 is 14.5 Å². The average molecular weight is 410 g/mol. The SMILES string of the molecule is CN(C)CCCCC(c1ccc(Cl)cc1)N1CCN(C(=O)OC(C)(C)C)CC1. The maximum atomic E-state index is 12.3. The van der Waals surface area contributed by atoms with Gasteiger partial charge >= 0.3 is 6.09 Å². The van der Waals surface area contributed by atoms with Crippen molar-refractivity contribution in [3.05, 3.63) is 34.9 Å². The maximum absolute atomic E-state index is 12.3. The molecule has 1 heterocycles. The summed E-state index contributed by atoms with van der Waals surface area (Å²) in [6, 6.07) is 8.58. The lowest BCUT2D eigenvalue weighted by Crippen LogP contribution is -2.50. The number of hydrogen-bond donors (Lipinski definition) is 0. The van der Waals surface area contributed by atoms with Gasteiger partial charge in [-0.05, 0) is 71.9 Å². The molecule has 0 saturated carbocycles. The zero-order valence-electron chi connectivity index (χ0n) is 18.1. The average Bonchev–Trinajstić information content (AvgIpc) is 2.61. The predicted octanol–water partition coefficient (Wildman–Crippen LogP) is 4.67. The first kappa shape index (κ1) is 23.0. The normalized spacial score (nSPS) is 17.0. The zero-order chi connectivity index (χ0) is 20.7. The van der Waals surface area contributed by atoms with Gasteiger partial charge in [-0.1, -0.05) is 30.2 Å². The van der Waals surface area contributed by atoms with E-state index in [4.69, 9.17) is 16.3 Å². The molecule has 6 heteroatoms. The van der Waals surface area contributed by atoms with Gasteiger partial charge in [0, 0.05) is 37.2 Å². The minimum Gasteiger partial charge on any atom is -0.444 e. The third-order valence-corrected chi connectivity index (χ3v) is 5.25. The Balaban J connectivity index is 1.97. The fraction of sp³-hybridized carbons (Fsp3) is 0.682. The van der Waals surface area contributed by atoms with Crippen LogP contribution in [0.25, 0.3) is 0 Å². The molecule has 1 aliphatic heterocycles. The van der Waals surface area contributed by atoms with E-state index in [9.17, 15) is 4.79 Å². The molecular formula is C22H36ClN3O2. The summed E-state index contributed by atoms with van der Waals surface area (Å²) in [4.78, 5) is 18.9. The summed E-state index contributed by atoms with van der Waals surface area (Å²) in [5.41, 5.74) is 0.854. The first-order chi connectivity index (χ1) is 13.2. The van der Waals surface area contributed by atoms with Gasteiger partial charge in [-0.15, -0.1) is 0 Å². The Hall–Kier alpha value is -1.30. The number of carbonyl (C=O) groups excluding carboxylic acids is 1. The minimum absolute atomic E-state index is 0.207. The van der Waals surface area contributed by atoms with Crippen LogP contribution in [0.1, 0.15) is 51.6 Å². The Kier molecular flexibility index (Phi) is 8.59. The highest BCUT2D eigenvalue weighted by Gasteiger charge is 2.29. The molecule has 1 aromatic rings. The molecule has 1 aromatic carbocycles. The van der Waals surface area contributed by atoms with Crippen molar-refractivity contribution < 1.29 is 9.53 Å². The lowest BCUT2D eigenvalue weighted by molar-refractivity contribution is 0.00958. The lowest BCUT2D eigenvalue weighted by Gasteiger charge is -2.40. The van der Waals surface area contributed by atoms with E-state index in [0.717, 1.165) is 31.1 Å². The van der Waals surface area contributed by atoms with Crippen molar-refractivity contribution in [3.8, 4) is 0 Å². The van der Waals surface area contributed by atoms with Crippen LogP contribution in [0.5, 0.6) is 0 Å². The molecule has 1 amide bonds. The highest BCUT2D eigenvalue weighted by molar-refractivity contribution is 6.30. The Morgan fingerprint density at radius 1 is 1.11 bits per heavy atom. The van der Waals surface area contributed by atoms with Crippen molar-refractivity contribution in [2.45, 2.75) is 51.7 Å². The molecule has 2 rings (SSSR count). The molecule has 1 saturated heterocycles. The van der Waals surface area contributed by atoms with Crippen molar-refractivity contribution in [1.82, 2.24) is 14.7 Å². The Bertz CT molecular complexity index is 605. The predicted molar refractivity (Wildman–Crippen MR) is 116 cm³/mol. The molecule has 0 bridgehead atoms. The number of unbranched alkanes of at least 4 members (excludes halogenated alkanes) is 1. The van der Waals surface area contributed by atoms with Crippen molar-refractivity contribution in [2.75, 3.05) is 46.8 Å². The summed E-state index contributed by atoms with van der Waals surface area (Å²) in [5.74, 6) is 0. The second kappa shape index (κ2) is 10.5. The monoisotopic (exact) mass is 409 g/mol. The largest absolute Gasteiger partial charge is 0.444 e. The number of piperazine rings is 1. The van der Waals surface area contributed by atoms with Gasteiger partial charge in [0.1, 0.15) is 5.60 Å². The number of ether oxygens (including phenoxy) is 1. The van der Waals surface area contributed by atoms with Crippen molar-refractivity contribution >= 4 is 17.7 Å². The first-order valence-electron chi connectivity index (χ1n) is 10.3. The summed E-state index contributed by atoms with van der Waals surface area (Å²) in [6.45, 7) is 9.97. The Labute approximate surface area is 175 Å². The molecule has 0 radical (unpaired) electrons. The molecule has 5 nitrogen and oxygen atoms in total. The smallest absolute Gasteiger partial charge is 0.410 e.